The van der Waals surface area contributed by atoms with Crippen LogP contribution >= 0.6 is 0 Å². The van der Waals surface area contributed by atoms with Crippen molar-refractivity contribution in [2.24, 2.45) is 0 Å². The molecule has 0 aromatic heterocycles. The topological polar surface area (TPSA) is 66.7 Å². The predicted molar refractivity (Wildman–Crippen MR) is 108 cm³/mol. The fraction of sp³-hybridized carbons (Fsp3) is 0.227. The summed E-state index contributed by atoms with van der Waals surface area (Å²) in [5, 5.41) is 13.2. The fourth-order valence-corrected chi connectivity index (χ4v) is 3.61. The molecule has 0 bridgehead atoms. The smallest absolute Gasteiger partial charge is 0.269 e. The predicted octanol–water partition coefficient (Wildman–Crippen LogP) is 3.71. The zero-order chi connectivity index (χ0) is 19.5. The minimum atomic E-state index is -0.459. The highest BCUT2D eigenvalue weighted by molar-refractivity contribution is 5.94. The number of amides is 1. The van der Waals surface area contributed by atoms with Crippen LogP contribution in [0.3, 0.4) is 0 Å². The highest BCUT2D eigenvalue weighted by atomic mass is 16.6. The molecule has 4 rings (SSSR count). The van der Waals surface area contributed by atoms with Crippen LogP contribution in [0.4, 0.5) is 5.69 Å². The molecule has 0 atom stereocenters. The maximum absolute atomic E-state index is 12.6. The summed E-state index contributed by atoms with van der Waals surface area (Å²) in [5.74, 6) is -0.0692. The molecule has 1 heterocycles. The van der Waals surface area contributed by atoms with Crippen molar-refractivity contribution in [3.05, 3.63) is 88.0 Å². The third-order valence-electron chi connectivity index (χ3n) is 5.20. The lowest BCUT2D eigenvalue weighted by molar-refractivity contribution is -0.384. The van der Waals surface area contributed by atoms with Gasteiger partial charge in [0.15, 0.2) is 0 Å². The standard InChI is InChI=1S/C22H21N3O3/c26-22(19-7-9-21(10-8-19)25(27)28)24-13-11-23(12-14-24)16-17-5-6-18-3-1-2-4-20(18)15-17/h1-10,15H,11-14,16H2. The molecule has 0 N–H and O–H groups in total. The number of piperazine rings is 1. The van der Waals surface area contributed by atoms with Crippen LogP contribution in [0.2, 0.25) is 0 Å². The molecule has 1 saturated heterocycles. The number of benzene rings is 3. The molecule has 142 valence electrons. The zero-order valence-electron chi connectivity index (χ0n) is 15.5. The summed E-state index contributed by atoms with van der Waals surface area (Å²) >= 11 is 0. The summed E-state index contributed by atoms with van der Waals surface area (Å²) in [4.78, 5) is 27.1. The summed E-state index contributed by atoms with van der Waals surface area (Å²) in [6.07, 6.45) is 0. The van der Waals surface area contributed by atoms with E-state index in [1.54, 1.807) is 0 Å². The van der Waals surface area contributed by atoms with Crippen LogP contribution in [0.5, 0.6) is 0 Å². The van der Waals surface area contributed by atoms with E-state index in [9.17, 15) is 14.9 Å². The number of non-ortho nitro benzene ring substituents is 1. The van der Waals surface area contributed by atoms with Gasteiger partial charge in [0.2, 0.25) is 0 Å². The van der Waals surface area contributed by atoms with Gasteiger partial charge in [0.25, 0.3) is 11.6 Å². The van der Waals surface area contributed by atoms with Crippen LogP contribution in [-0.2, 0) is 6.54 Å². The van der Waals surface area contributed by atoms with Gasteiger partial charge in [0.05, 0.1) is 4.92 Å². The largest absolute Gasteiger partial charge is 0.336 e. The zero-order valence-corrected chi connectivity index (χ0v) is 15.5. The second-order valence-corrected chi connectivity index (χ2v) is 7.05. The summed E-state index contributed by atoms with van der Waals surface area (Å²) in [6.45, 7) is 3.80. The van der Waals surface area contributed by atoms with Gasteiger partial charge in [-0.15, -0.1) is 0 Å². The molecule has 1 aliphatic rings. The third-order valence-corrected chi connectivity index (χ3v) is 5.20. The van der Waals surface area contributed by atoms with Gasteiger partial charge in [-0.1, -0.05) is 36.4 Å². The van der Waals surface area contributed by atoms with Gasteiger partial charge < -0.3 is 4.90 Å². The quantitative estimate of drug-likeness (QED) is 0.515. The highest BCUT2D eigenvalue weighted by Gasteiger charge is 2.22. The number of nitro groups is 1. The molecule has 6 nitrogen and oxygen atoms in total. The average Bonchev–Trinajstić information content (AvgIpc) is 2.74. The maximum atomic E-state index is 12.6. The summed E-state index contributed by atoms with van der Waals surface area (Å²) in [6, 6.07) is 20.7. The van der Waals surface area contributed by atoms with Crippen molar-refractivity contribution in [1.82, 2.24) is 9.80 Å². The van der Waals surface area contributed by atoms with Gasteiger partial charge in [0, 0.05) is 50.4 Å². The van der Waals surface area contributed by atoms with E-state index >= 15 is 0 Å². The molecule has 1 fully saturated rings. The van der Waals surface area contributed by atoms with E-state index in [-0.39, 0.29) is 11.6 Å². The molecule has 0 spiro atoms. The number of fused-ring (bicyclic) bond motifs is 1. The van der Waals surface area contributed by atoms with Crippen molar-refractivity contribution >= 4 is 22.4 Å². The molecular formula is C22H21N3O3. The average molecular weight is 375 g/mol. The van der Waals surface area contributed by atoms with Crippen molar-refractivity contribution in [1.29, 1.82) is 0 Å². The van der Waals surface area contributed by atoms with Gasteiger partial charge in [-0.05, 0) is 34.5 Å². The first kappa shape index (κ1) is 18.1. The van der Waals surface area contributed by atoms with E-state index in [4.69, 9.17) is 0 Å². The lowest BCUT2D eigenvalue weighted by Crippen LogP contribution is -2.48. The van der Waals surface area contributed by atoms with Crippen LogP contribution in [0.25, 0.3) is 10.8 Å². The van der Waals surface area contributed by atoms with Gasteiger partial charge in [-0.3, -0.25) is 19.8 Å². The van der Waals surface area contributed by atoms with Crippen LogP contribution < -0.4 is 0 Å². The molecule has 0 unspecified atom stereocenters. The number of hydrogen-bond acceptors (Lipinski definition) is 4. The summed E-state index contributed by atoms with van der Waals surface area (Å²) < 4.78 is 0. The first-order valence-electron chi connectivity index (χ1n) is 9.34. The van der Waals surface area contributed by atoms with E-state index < -0.39 is 4.92 Å². The first-order chi connectivity index (χ1) is 13.6. The number of carbonyl (C=O) groups is 1. The molecule has 3 aromatic carbocycles. The minimum Gasteiger partial charge on any atom is -0.336 e. The van der Waals surface area contributed by atoms with E-state index in [2.05, 4.69) is 41.3 Å². The Kier molecular flexibility index (Phi) is 5.04. The lowest BCUT2D eigenvalue weighted by atomic mass is 10.1. The Hall–Kier alpha value is -3.25. The van der Waals surface area contributed by atoms with E-state index in [1.165, 1.54) is 40.6 Å². The van der Waals surface area contributed by atoms with Crippen molar-refractivity contribution in [2.45, 2.75) is 6.54 Å². The Labute approximate surface area is 163 Å². The molecule has 1 amide bonds. The van der Waals surface area contributed by atoms with Crippen molar-refractivity contribution in [2.75, 3.05) is 26.2 Å². The van der Waals surface area contributed by atoms with Crippen molar-refractivity contribution < 1.29 is 9.72 Å². The van der Waals surface area contributed by atoms with E-state index in [0.29, 0.717) is 18.7 Å². The monoisotopic (exact) mass is 375 g/mol. The molecule has 3 aromatic rings. The molecule has 28 heavy (non-hydrogen) atoms. The fourth-order valence-electron chi connectivity index (χ4n) is 3.61. The Morgan fingerprint density at radius 1 is 0.893 bits per heavy atom. The third kappa shape index (κ3) is 3.87. The lowest BCUT2D eigenvalue weighted by Gasteiger charge is -2.34. The molecule has 6 heteroatoms. The molecule has 0 saturated carbocycles. The number of carbonyl (C=O) groups excluding carboxylic acids is 1. The molecular weight excluding hydrogens is 354 g/mol. The van der Waals surface area contributed by atoms with Gasteiger partial charge in [-0.25, -0.2) is 0 Å². The normalized spacial score (nSPS) is 14.9. The molecule has 1 aliphatic heterocycles. The van der Waals surface area contributed by atoms with Crippen LogP contribution in [0.1, 0.15) is 15.9 Å². The number of nitro benzene ring substituents is 1. The Morgan fingerprint density at radius 3 is 2.25 bits per heavy atom. The Balaban J connectivity index is 1.35. The van der Waals surface area contributed by atoms with E-state index in [1.807, 2.05) is 11.0 Å². The van der Waals surface area contributed by atoms with Gasteiger partial charge in [0.1, 0.15) is 0 Å². The van der Waals surface area contributed by atoms with E-state index in [0.717, 1.165) is 19.6 Å². The van der Waals surface area contributed by atoms with Crippen LogP contribution in [0, 0.1) is 10.1 Å². The Morgan fingerprint density at radius 2 is 1.57 bits per heavy atom. The minimum absolute atomic E-state index is 0.00301. The summed E-state index contributed by atoms with van der Waals surface area (Å²) in [5.41, 5.74) is 1.76. The first-order valence-corrected chi connectivity index (χ1v) is 9.34. The van der Waals surface area contributed by atoms with Crippen molar-refractivity contribution in [3.63, 3.8) is 0 Å². The second kappa shape index (κ2) is 7.78. The SMILES string of the molecule is O=C(c1ccc([N+](=O)[O-])cc1)N1CCN(Cc2ccc3ccccc3c2)CC1. The summed E-state index contributed by atoms with van der Waals surface area (Å²) in [7, 11) is 0. The van der Waals surface area contributed by atoms with Crippen molar-refractivity contribution in [3.8, 4) is 0 Å². The number of nitrogens with zero attached hydrogens (tertiary/aromatic N) is 3. The molecule has 0 radical (unpaired) electrons. The van der Waals surface area contributed by atoms with Gasteiger partial charge in [-0.2, -0.15) is 0 Å². The highest BCUT2D eigenvalue weighted by Crippen LogP contribution is 2.18. The van der Waals surface area contributed by atoms with Gasteiger partial charge >= 0.3 is 0 Å². The second-order valence-electron chi connectivity index (χ2n) is 7.05. The van der Waals surface area contributed by atoms with Crippen LogP contribution in [-0.4, -0.2) is 46.8 Å². The molecule has 0 aliphatic carbocycles. The van der Waals surface area contributed by atoms with Crippen LogP contribution in [0.15, 0.2) is 66.7 Å². The maximum Gasteiger partial charge on any atom is 0.269 e. The Bertz CT molecular complexity index is 1010. The number of hydrogen-bond donors (Lipinski definition) is 0. The number of rotatable bonds is 4.